The van der Waals surface area contributed by atoms with Crippen LogP contribution in [0.4, 0.5) is 5.69 Å². The quantitative estimate of drug-likeness (QED) is 0.898. The van der Waals surface area contributed by atoms with Gasteiger partial charge < -0.3 is 15.1 Å². The normalized spacial score (nSPS) is 26.2. The summed E-state index contributed by atoms with van der Waals surface area (Å²) in [5.41, 5.74) is 2.61. The zero-order valence-electron chi connectivity index (χ0n) is 13.0. The predicted octanol–water partition coefficient (Wildman–Crippen LogP) is 1.64. The van der Waals surface area contributed by atoms with Crippen LogP contribution in [0.5, 0.6) is 0 Å². The summed E-state index contributed by atoms with van der Waals surface area (Å²) in [6, 6.07) is 8.52. The van der Waals surface area contributed by atoms with Gasteiger partial charge in [-0.15, -0.1) is 0 Å². The van der Waals surface area contributed by atoms with Crippen LogP contribution in [-0.4, -0.2) is 49.6 Å². The molecule has 2 saturated heterocycles. The molecule has 0 bridgehead atoms. The molecule has 2 unspecified atom stereocenters. The molecule has 2 fully saturated rings. The summed E-state index contributed by atoms with van der Waals surface area (Å²) < 4.78 is 0. The molecule has 21 heavy (non-hydrogen) atoms. The molecule has 1 N–H and O–H groups in total. The van der Waals surface area contributed by atoms with Gasteiger partial charge in [0.05, 0.1) is 6.04 Å². The average molecular weight is 287 g/mol. The summed E-state index contributed by atoms with van der Waals surface area (Å²) >= 11 is 0. The fourth-order valence-electron chi connectivity index (χ4n) is 3.45. The van der Waals surface area contributed by atoms with E-state index in [-0.39, 0.29) is 6.04 Å². The molecule has 0 aliphatic carbocycles. The number of benzene rings is 1. The molecule has 1 aromatic carbocycles. The summed E-state index contributed by atoms with van der Waals surface area (Å²) in [4.78, 5) is 17.0. The van der Waals surface area contributed by atoms with Gasteiger partial charge in [0.25, 0.3) is 0 Å². The van der Waals surface area contributed by atoms with E-state index in [1.54, 1.807) is 0 Å². The third kappa shape index (κ3) is 2.91. The van der Waals surface area contributed by atoms with E-state index >= 15 is 0 Å². The van der Waals surface area contributed by atoms with Gasteiger partial charge in [0.1, 0.15) is 0 Å². The van der Waals surface area contributed by atoms with Crippen LogP contribution in [-0.2, 0) is 4.79 Å². The number of hydrogen-bond donors (Lipinski definition) is 1. The maximum Gasteiger partial charge on any atom is 0.240 e. The SMILES string of the molecule is Cc1ccccc1N1CCN(C(=O)C2NCCC2C)CC1. The summed E-state index contributed by atoms with van der Waals surface area (Å²) in [6.45, 7) is 8.81. The molecule has 2 atom stereocenters. The zero-order valence-corrected chi connectivity index (χ0v) is 13.0. The number of nitrogens with zero attached hydrogens (tertiary/aromatic N) is 2. The number of piperazine rings is 1. The van der Waals surface area contributed by atoms with Gasteiger partial charge >= 0.3 is 0 Å². The van der Waals surface area contributed by atoms with Crippen molar-refractivity contribution in [2.24, 2.45) is 5.92 Å². The number of para-hydroxylation sites is 1. The third-order valence-electron chi connectivity index (χ3n) is 4.85. The Morgan fingerprint density at radius 2 is 1.90 bits per heavy atom. The molecule has 0 saturated carbocycles. The Balaban J connectivity index is 1.60. The number of amides is 1. The second-order valence-electron chi connectivity index (χ2n) is 6.30. The Labute approximate surface area is 127 Å². The monoisotopic (exact) mass is 287 g/mol. The lowest BCUT2D eigenvalue weighted by Crippen LogP contribution is -2.54. The van der Waals surface area contributed by atoms with Crippen molar-refractivity contribution < 1.29 is 4.79 Å². The second-order valence-corrected chi connectivity index (χ2v) is 6.30. The van der Waals surface area contributed by atoms with Crippen LogP contribution >= 0.6 is 0 Å². The lowest BCUT2D eigenvalue weighted by molar-refractivity contribution is -0.134. The fourth-order valence-corrected chi connectivity index (χ4v) is 3.45. The van der Waals surface area contributed by atoms with Gasteiger partial charge in [-0.3, -0.25) is 4.79 Å². The maximum atomic E-state index is 12.6. The number of aryl methyl sites for hydroxylation is 1. The Morgan fingerprint density at radius 1 is 1.19 bits per heavy atom. The standard InChI is InChI=1S/C17H25N3O/c1-13-5-3-4-6-15(13)19-9-11-20(12-10-19)17(21)16-14(2)7-8-18-16/h3-6,14,16,18H,7-12H2,1-2H3. The first-order valence-electron chi connectivity index (χ1n) is 7.99. The van der Waals surface area contributed by atoms with Crippen LogP contribution in [0.3, 0.4) is 0 Å². The van der Waals surface area contributed by atoms with Crippen molar-refractivity contribution in [2.75, 3.05) is 37.6 Å². The average Bonchev–Trinajstić information content (AvgIpc) is 2.93. The van der Waals surface area contributed by atoms with Crippen molar-refractivity contribution >= 4 is 11.6 Å². The lowest BCUT2D eigenvalue weighted by atomic mass is 10.0. The van der Waals surface area contributed by atoms with E-state index in [1.807, 2.05) is 4.90 Å². The molecule has 0 spiro atoms. The van der Waals surface area contributed by atoms with Gasteiger partial charge in [-0.05, 0) is 37.4 Å². The van der Waals surface area contributed by atoms with Gasteiger partial charge in [0.2, 0.25) is 5.91 Å². The van der Waals surface area contributed by atoms with E-state index in [0.29, 0.717) is 11.8 Å². The summed E-state index contributed by atoms with van der Waals surface area (Å²) in [7, 11) is 0. The molecule has 114 valence electrons. The molecule has 3 rings (SSSR count). The van der Waals surface area contributed by atoms with Gasteiger partial charge in [0.15, 0.2) is 0 Å². The molecule has 4 nitrogen and oxygen atoms in total. The largest absolute Gasteiger partial charge is 0.368 e. The van der Waals surface area contributed by atoms with Crippen molar-refractivity contribution in [2.45, 2.75) is 26.3 Å². The van der Waals surface area contributed by atoms with Gasteiger partial charge in [-0.2, -0.15) is 0 Å². The highest BCUT2D eigenvalue weighted by atomic mass is 16.2. The molecule has 2 heterocycles. The fraction of sp³-hybridized carbons (Fsp3) is 0.588. The van der Waals surface area contributed by atoms with Crippen molar-refractivity contribution in [3.8, 4) is 0 Å². The number of carbonyl (C=O) groups is 1. The Hall–Kier alpha value is -1.55. The first kappa shape index (κ1) is 14.4. The minimum atomic E-state index is 0.0370. The van der Waals surface area contributed by atoms with E-state index in [9.17, 15) is 4.79 Å². The zero-order chi connectivity index (χ0) is 14.8. The smallest absolute Gasteiger partial charge is 0.240 e. The summed E-state index contributed by atoms with van der Waals surface area (Å²) in [6.07, 6.45) is 1.11. The number of rotatable bonds is 2. The van der Waals surface area contributed by atoms with E-state index < -0.39 is 0 Å². The van der Waals surface area contributed by atoms with Gasteiger partial charge in [0, 0.05) is 31.9 Å². The topological polar surface area (TPSA) is 35.6 Å². The van der Waals surface area contributed by atoms with Crippen LogP contribution < -0.4 is 10.2 Å². The first-order chi connectivity index (χ1) is 10.2. The predicted molar refractivity (Wildman–Crippen MR) is 85.5 cm³/mol. The Bertz CT molecular complexity index is 509. The van der Waals surface area contributed by atoms with E-state index in [1.165, 1.54) is 11.3 Å². The molecule has 0 aromatic heterocycles. The minimum Gasteiger partial charge on any atom is -0.368 e. The Kier molecular flexibility index (Phi) is 4.15. The van der Waals surface area contributed by atoms with E-state index in [2.05, 4.69) is 48.3 Å². The molecule has 2 aliphatic rings. The summed E-state index contributed by atoms with van der Waals surface area (Å²) in [5.74, 6) is 0.760. The molecule has 1 aromatic rings. The molecular formula is C17H25N3O. The van der Waals surface area contributed by atoms with Crippen LogP contribution in [0.15, 0.2) is 24.3 Å². The van der Waals surface area contributed by atoms with Crippen LogP contribution in [0.25, 0.3) is 0 Å². The van der Waals surface area contributed by atoms with E-state index in [0.717, 1.165) is 39.1 Å². The highest BCUT2D eigenvalue weighted by Crippen LogP contribution is 2.22. The van der Waals surface area contributed by atoms with Crippen LogP contribution in [0.2, 0.25) is 0 Å². The molecule has 0 radical (unpaired) electrons. The number of carbonyl (C=O) groups excluding carboxylic acids is 1. The van der Waals surface area contributed by atoms with Crippen LogP contribution in [0.1, 0.15) is 18.9 Å². The Morgan fingerprint density at radius 3 is 2.52 bits per heavy atom. The van der Waals surface area contributed by atoms with Crippen molar-refractivity contribution in [1.82, 2.24) is 10.2 Å². The first-order valence-corrected chi connectivity index (χ1v) is 7.99. The highest BCUT2D eigenvalue weighted by Gasteiger charge is 2.33. The van der Waals surface area contributed by atoms with Gasteiger partial charge in [-0.1, -0.05) is 25.1 Å². The summed E-state index contributed by atoms with van der Waals surface area (Å²) in [5, 5.41) is 3.35. The highest BCUT2D eigenvalue weighted by molar-refractivity contribution is 5.82. The molecular weight excluding hydrogens is 262 g/mol. The maximum absolute atomic E-state index is 12.6. The number of anilines is 1. The van der Waals surface area contributed by atoms with Crippen molar-refractivity contribution in [3.63, 3.8) is 0 Å². The third-order valence-corrected chi connectivity index (χ3v) is 4.85. The molecule has 1 amide bonds. The van der Waals surface area contributed by atoms with E-state index in [4.69, 9.17) is 0 Å². The number of nitrogens with one attached hydrogen (secondary N) is 1. The lowest BCUT2D eigenvalue weighted by Gasteiger charge is -2.38. The second kappa shape index (κ2) is 6.06. The molecule has 4 heteroatoms. The van der Waals surface area contributed by atoms with Crippen molar-refractivity contribution in [3.05, 3.63) is 29.8 Å². The molecule has 2 aliphatic heterocycles. The van der Waals surface area contributed by atoms with Gasteiger partial charge in [-0.25, -0.2) is 0 Å². The minimum absolute atomic E-state index is 0.0370. The number of hydrogen-bond acceptors (Lipinski definition) is 3. The van der Waals surface area contributed by atoms with Crippen molar-refractivity contribution in [1.29, 1.82) is 0 Å². The van der Waals surface area contributed by atoms with Crippen LogP contribution in [0, 0.1) is 12.8 Å².